The van der Waals surface area contributed by atoms with Crippen LogP contribution in [0.1, 0.15) is 11.6 Å². The first-order valence-corrected chi connectivity index (χ1v) is 3.99. The summed E-state index contributed by atoms with van der Waals surface area (Å²) in [5.74, 6) is -0.00306. The summed E-state index contributed by atoms with van der Waals surface area (Å²) in [6, 6.07) is 2.15. The van der Waals surface area contributed by atoms with Crippen molar-refractivity contribution in [3.63, 3.8) is 0 Å². The molecular formula is C8H8N2O4. The predicted molar refractivity (Wildman–Crippen MR) is 47.2 cm³/mol. The van der Waals surface area contributed by atoms with Crippen LogP contribution < -0.4 is 10.5 Å². The van der Waals surface area contributed by atoms with Crippen LogP contribution in [0.5, 0.6) is 11.5 Å². The number of phenolic OH excluding ortho intramolecular Hbond substituents is 1. The number of fused-ring (bicyclic) bond motifs is 1. The molecule has 6 nitrogen and oxygen atoms in total. The second kappa shape index (κ2) is 2.85. The van der Waals surface area contributed by atoms with Gasteiger partial charge in [-0.2, -0.15) is 0 Å². The molecule has 14 heavy (non-hydrogen) atoms. The van der Waals surface area contributed by atoms with Gasteiger partial charge in [-0.25, -0.2) is 0 Å². The van der Waals surface area contributed by atoms with E-state index in [9.17, 15) is 15.2 Å². The Morgan fingerprint density at radius 3 is 3.00 bits per heavy atom. The van der Waals surface area contributed by atoms with Crippen molar-refractivity contribution in [3.05, 3.63) is 27.8 Å². The largest absolute Gasteiger partial charge is 0.502 e. The maximum absolute atomic E-state index is 10.5. The van der Waals surface area contributed by atoms with Gasteiger partial charge in [-0.15, -0.1) is 0 Å². The number of nitrogens with two attached hydrogens (primary N) is 1. The fourth-order valence-corrected chi connectivity index (χ4v) is 1.40. The van der Waals surface area contributed by atoms with E-state index in [1.54, 1.807) is 0 Å². The van der Waals surface area contributed by atoms with Crippen LogP contribution in [0.15, 0.2) is 12.1 Å². The third-order valence-corrected chi connectivity index (χ3v) is 2.12. The molecule has 1 aromatic carbocycles. The maximum atomic E-state index is 10.5. The van der Waals surface area contributed by atoms with Crippen LogP contribution in [0.2, 0.25) is 0 Å². The van der Waals surface area contributed by atoms with Gasteiger partial charge in [0.25, 0.3) is 0 Å². The van der Waals surface area contributed by atoms with Gasteiger partial charge >= 0.3 is 5.69 Å². The Bertz CT molecular complexity index is 405. The molecule has 1 aromatic rings. The van der Waals surface area contributed by atoms with Gasteiger partial charge in [0.1, 0.15) is 12.4 Å². The van der Waals surface area contributed by atoms with Crippen LogP contribution in [0.4, 0.5) is 5.69 Å². The second-order valence-electron chi connectivity index (χ2n) is 3.05. The molecule has 0 radical (unpaired) electrons. The molecule has 0 aliphatic carbocycles. The SMILES string of the molecule is NC1COc2cc([N+](=O)[O-])c(O)cc21. The fraction of sp³-hybridized carbons (Fsp3) is 0.250. The first kappa shape index (κ1) is 8.76. The number of hydrogen-bond donors (Lipinski definition) is 2. The van der Waals surface area contributed by atoms with Crippen molar-refractivity contribution in [2.75, 3.05) is 6.61 Å². The van der Waals surface area contributed by atoms with Crippen molar-refractivity contribution < 1.29 is 14.8 Å². The summed E-state index contributed by atoms with van der Waals surface area (Å²) < 4.78 is 5.12. The third-order valence-electron chi connectivity index (χ3n) is 2.12. The average molecular weight is 196 g/mol. The van der Waals surface area contributed by atoms with Crippen molar-refractivity contribution in [3.8, 4) is 11.5 Å². The highest BCUT2D eigenvalue weighted by molar-refractivity contribution is 5.56. The average Bonchev–Trinajstić information content (AvgIpc) is 2.46. The Hall–Kier alpha value is -1.82. The standard InChI is InChI=1S/C8H8N2O4/c9-5-3-14-8-2-6(10(12)13)7(11)1-4(5)8/h1-2,5,11H,3,9H2. The number of nitrogens with zero attached hydrogens (tertiary/aromatic N) is 1. The van der Waals surface area contributed by atoms with Crippen LogP contribution >= 0.6 is 0 Å². The van der Waals surface area contributed by atoms with Crippen LogP contribution in [-0.4, -0.2) is 16.6 Å². The lowest BCUT2D eigenvalue weighted by molar-refractivity contribution is -0.385. The lowest BCUT2D eigenvalue weighted by Crippen LogP contribution is -2.10. The molecule has 6 heteroatoms. The summed E-state index contributed by atoms with van der Waals surface area (Å²) in [6.07, 6.45) is 0. The molecule has 0 amide bonds. The van der Waals surface area contributed by atoms with Gasteiger partial charge in [-0.1, -0.05) is 0 Å². The molecule has 0 aromatic heterocycles. The number of hydrogen-bond acceptors (Lipinski definition) is 5. The zero-order chi connectivity index (χ0) is 10.3. The summed E-state index contributed by atoms with van der Waals surface area (Å²) in [5, 5.41) is 19.8. The minimum atomic E-state index is -0.664. The highest BCUT2D eigenvalue weighted by atomic mass is 16.6. The second-order valence-corrected chi connectivity index (χ2v) is 3.05. The predicted octanol–water partition coefficient (Wildman–Crippen LogP) is 0.693. The molecule has 1 heterocycles. The Morgan fingerprint density at radius 2 is 2.36 bits per heavy atom. The third kappa shape index (κ3) is 1.16. The smallest absolute Gasteiger partial charge is 0.314 e. The van der Waals surface area contributed by atoms with Gasteiger partial charge in [-0.3, -0.25) is 10.1 Å². The summed E-state index contributed by atoms with van der Waals surface area (Å²) in [5.41, 5.74) is 5.88. The molecule has 74 valence electrons. The minimum absolute atomic E-state index is 0.288. The zero-order valence-electron chi connectivity index (χ0n) is 7.14. The van der Waals surface area contributed by atoms with Gasteiger partial charge in [0.2, 0.25) is 0 Å². The van der Waals surface area contributed by atoms with Gasteiger partial charge in [0.05, 0.1) is 17.0 Å². The Morgan fingerprint density at radius 1 is 1.64 bits per heavy atom. The zero-order valence-corrected chi connectivity index (χ0v) is 7.14. The molecular weight excluding hydrogens is 188 g/mol. The molecule has 1 unspecified atom stereocenters. The van der Waals surface area contributed by atoms with Crippen LogP contribution in [0.25, 0.3) is 0 Å². The van der Waals surface area contributed by atoms with Crippen molar-refractivity contribution in [1.29, 1.82) is 0 Å². The monoisotopic (exact) mass is 196 g/mol. The summed E-state index contributed by atoms with van der Waals surface area (Å²) in [4.78, 5) is 9.80. The van der Waals surface area contributed by atoms with E-state index in [1.807, 2.05) is 0 Å². The summed E-state index contributed by atoms with van der Waals surface area (Å²) in [6.45, 7) is 0.288. The fourth-order valence-electron chi connectivity index (χ4n) is 1.40. The molecule has 1 aliphatic heterocycles. The maximum Gasteiger partial charge on any atom is 0.314 e. The van der Waals surface area contributed by atoms with E-state index >= 15 is 0 Å². The molecule has 0 fully saturated rings. The van der Waals surface area contributed by atoms with Gasteiger partial charge < -0.3 is 15.6 Å². The molecule has 0 spiro atoms. The van der Waals surface area contributed by atoms with E-state index in [2.05, 4.69) is 0 Å². The van der Waals surface area contributed by atoms with Crippen molar-refractivity contribution in [1.82, 2.24) is 0 Å². The first-order valence-electron chi connectivity index (χ1n) is 3.99. The molecule has 0 bridgehead atoms. The normalized spacial score (nSPS) is 18.8. The quantitative estimate of drug-likeness (QED) is 0.508. The Balaban J connectivity index is 2.55. The van der Waals surface area contributed by atoms with Gasteiger partial charge in [-0.05, 0) is 6.07 Å². The van der Waals surface area contributed by atoms with Crippen molar-refractivity contribution in [2.45, 2.75) is 6.04 Å². The number of phenols is 1. The number of aromatic hydroxyl groups is 1. The molecule has 3 N–H and O–H groups in total. The molecule has 0 saturated carbocycles. The van der Waals surface area contributed by atoms with E-state index in [-0.39, 0.29) is 24.1 Å². The lowest BCUT2D eigenvalue weighted by atomic mass is 10.1. The summed E-state index contributed by atoms with van der Waals surface area (Å²) >= 11 is 0. The van der Waals surface area contributed by atoms with Crippen LogP contribution in [-0.2, 0) is 0 Å². The number of nitro groups is 1. The highest BCUT2D eigenvalue weighted by Crippen LogP contribution is 2.39. The minimum Gasteiger partial charge on any atom is -0.502 e. The molecule has 2 rings (SSSR count). The highest BCUT2D eigenvalue weighted by Gasteiger charge is 2.26. The number of benzene rings is 1. The van der Waals surface area contributed by atoms with Crippen LogP contribution in [0.3, 0.4) is 0 Å². The lowest BCUT2D eigenvalue weighted by Gasteiger charge is -2.01. The topological polar surface area (TPSA) is 98.6 Å². The van der Waals surface area contributed by atoms with E-state index in [0.29, 0.717) is 11.3 Å². The van der Waals surface area contributed by atoms with Crippen molar-refractivity contribution >= 4 is 5.69 Å². The Labute approximate surface area is 79.1 Å². The molecule has 1 atom stereocenters. The number of nitro benzene ring substituents is 1. The van der Waals surface area contributed by atoms with E-state index in [4.69, 9.17) is 10.5 Å². The molecule has 0 saturated heterocycles. The number of rotatable bonds is 1. The Kier molecular flexibility index (Phi) is 1.78. The van der Waals surface area contributed by atoms with E-state index in [0.717, 1.165) is 0 Å². The van der Waals surface area contributed by atoms with Crippen LogP contribution in [0, 0.1) is 10.1 Å². The van der Waals surface area contributed by atoms with E-state index < -0.39 is 4.92 Å². The summed E-state index contributed by atoms with van der Waals surface area (Å²) in [7, 11) is 0. The van der Waals surface area contributed by atoms with E-state index in [1.165, 1.54) is 12.1 Å². The number of ether oxygens (including phenoxy) is 1. The van der Waals surface area contributed by atoms with Gasteiger partial charge in [0, 0.05) is 5.56 Å². The molecule has 1 aliphatic rings. The van der Waals surface area contributed by atoms with Crippen molar-refractivity contribution in [2.24, 2.45) is 5.73 Å². The first-order chi connectivity index (χ1) is 6.59. The van der Waals surface area contributed by atoms with Gasteiger partial charge in [0.15, 0.2) is 5.75 Å².